The second-order valence-electron chi connectivity index (χ2n) is 4.95. The number of nitrogens with zero attached hydrogens (tertiary/aromatic N) is 1. The molecular weight excluding hydrogens is 236 g/mol. The lowest BCUT2D eigenvalue weighted by Gasteiger charge is -2.34. The summed E-state index contributed by atoms with van der Waals surface area (Å²) < 4.78 is 5.78. The molecule has 0 aromatic heterocycles. The van der Waals surface area contributed by atoms with Crippen molar-refractivity contribution in [3.63, 3.8) is 0 Å². The monoisotopic (exact) mass is 258 g/mol. The van der Waals surface area contributed by atoms with Crippen molar-refractivity contribution in [2.75, 3.05) is 26.7 Å². The van der Waals surface area contributed by atoms with Gasteiger partial charge in [-0.05, 0) is 38.1 Å². The first-order chi connectivity index (χ1) is 9.29. The molecule has 1 aromatic carbocycles. The maximum Gasteiger partial charge on any atom is 0.120 e. The molecule has 0 aliphatic heterocycles. The highest BCUT2D eigenvalue weighted by molar-refractivity contribution is 5.39. The number of benzene rings is 1. The Kier molecular flexibility index (Phi) is 5.26. The Hall–Kier alpha value is -1.50. The third-order valence-electron chi connectivity index (χ3n) is 3.58. The quantitative estimate of drug-likeness (QED) is 0.819. The van der Waals surface area contributed by atoms with Crippen LogP contribution in [0.15, 0.2) is 24.3 Å². The molecule has 0 atom stereocenters. The maximum absolute atomic E-state index is 5.78. The van der Waals surface area contributed by atoms with Gasteiger partial charge in [0, 0.05) is 18.2 Å². The van der Waals surface area contributed by atoms with Crippen LogP contribution in [-0.2, 0) is 0 Å². The Balaban J connectivity index is 1.78. The molecule has 1 aliphatic carbocycles. The van der Waals surface area contributed by atoms with Crippen LogP contribution >= 0.6 is 0 Å². The van der Waals surface area contributed by atoms with Gasteiger partial charge in [0.1, 0.15) is 12.4 Å². The van der Waals surface area contributed by atoms with Gasteiger partial charge in [0.25, 0.3) is 0 Å². The lowest BCUT2D eigenvalue weighted by Crippen LogP contribution is -2.39. The highest BCUT2D eigenvalue weighted by Crippen LogP contribution is 2.23. The molecule has 0 radical (unpaired) electrons. The van der Waals surface area contributed by atoms with E-state index in [-0.39, 0.29) is 0 Å². The molecule has 1 saturated carbocycles. The third-order valence-corrected chi connectivity index (χ3v) is 3.58. The summed E-state index contributed by atoms with van der Waals surface area (Å²) in [4.78, 5) is 2.39. The lowest BCUT2D eigenvalue weighted by molar-refractivity contribution is 0.135. The molecule has 1 aliphatic rings. The zero-order valence-corrected chi connectivity index (χ0v) is 11.6. The summed E-state index contributed by atoms with van der Waals surface area (Å²) >= 11 is 0. The molecule has 1 aromatic rings. The predicted octanol–water partition coefficient (Wildman–Crippen LogP) is 1.86. The van der Waals surface area contributed by atoms with Crippen molar-refractivity contribution in [3.8, 4) is 17.6 Å². The average Bonchev–Trinajstić information content (AvgIpc) is 2.35. The number of likely N-dealkylation sites (N-methyl/N-ethyl adjacent to an activating group) is 1. The summed E-state index contributed by atoms with van der Waals surface area (Å²) in [5.74, 6) is 6.75. The number of nitrogens with two attached hydrogens (primary N) is 1. The molecule has 3 nitrogen and oxygen atoms in total. The number of hydrogen-bond donors (Lipinski definition) is 1. The molecule has 2 N–H and O–H groups in total. The van der Waals surface area contributed by atoms with Crippen LogP contribution < -0.4 is 10.5 Å². The number of rotatable bonds is 5. The van der Waals surface area contributed by atoms with Crippen molar-refractivity contribution in [2.24, 2.45) is 5.73 Å². The van der Waals surface area contributed by atoms with Gasteiger partial charge in [0.15, 0.2) is 0 Å². The first-order valence-corrected chi connectivity index (χ1v) is 6.91. The van der Waals surface area contributed by atoms with E-state index >= 15 is 0 Å². The van der Waals surface area contributed by atoms with E-state index in [9.17, 15) is 0 Å². The van der Waals surface area contributed by atoms with Gasteiger partial charge in [-0.15, -0.1) is 0 Å². The fourth-order valence-electron chi connectivity index (χ4n) is 2.13. The molecule has 2 rings (SSSR count). The summed E-state index contributed by atoms with van der Waals surface area (Å²) in [6.45, 7) is 2.08. The zero-order valence-electron chi connectivity index (χ0n) is 11.6. The lowest BCUT2D eigenvalue weighted by atomic mass is 9.92. The van der Waals surface area contributed by atoms with E-state index in [1.807, 2.05) is 24.3 Å². The molecule has 1 fully saturated rings. The smallest absolute Gasteiger partial charge is 0.120 e. The molecule has 0 amide bonds. The summed E-state index contributed by atoms with van der Waals surface area (Å²) in [6.07, 6.45) is 4.04. The van der Waals surface area contributed by atoms with Gasteiger partial charge >= 0.3 is 0 Å². The average molecular weight is 258 g/mol. The van der Waals surface area contributed by atoms with E-state index in [4.69, 9.17) is 10.5 Å². The highest BCUT2D eigenvalue weighted by Gasteiger charge is 2.21. The first-order valence-electron chi connectivity index (χ1n) is 6.91. The standard InChI is InChI=1S/C16H22N2O/c1-18(15-7-3-8-15)11-12-19-16-9-2-5-14(13-16)6-4-10-17/h2,5,9,13,15H,3,7-8,10-12,17H2,1H3. The number of hydrogen-bond acceptors (Lipinski definition) is 3. The zero-order chi connectivity index (χ0) is 13.5. The minimum atomic E-state index is 0.386. The fraction of sp³-hybridized carbons (Fsp3) is 0.500. The van der Waals surface area contributed by atoms with Crippen LogP contribution in [0.4, 0.5) is 0 Å². The van der Waals surface area contributed by atoms with Gasteiger partial charge in [-0.3, -0.25) is 0 Å². The predicted molar refractivity (Wildman–Crippen MR) is 78.1 cm³/mol. The van der Waals surface area contributed by atoms with Gasteiger partial charge < -0.3 is 15.4 Å². The van der Waals surface area contributed by atoms with Crippen molar-refractivity contribution in [1.82, 2.24) is 4.90 Å². The van der Waals surface area contributed by atoms with Crippen molar-refractivity contribution >= 4 is 0 Å². The van der Waals surface area contributed by atoms with Crippen LogP contribution in [0.3, 0.4) is 0 Å². The Labute approximate surface area is 115 Å². The van der Waals surface area contributed by atoms with E-state index in [1.165, 1.54) is 19.3 Å². The molecule has 0 spiro atoms. The molecular formula is C16H22N2O. The second kappa shape index (κ2) is 7.18. The molecule has 0 unspecified atom stereocenters. The summed E-state index contributed by atoms with van der Waals surface area (Å²) in [5, 5.41) is 0. The topological polar surface area (TPSA) is 38.5 Å². The van der Waals surface area contributed by atoms with Gasteiger partial charge in [0.2, 0.25) is 0 Å². The maximum atomic E-state index is 5.78. The molecule has 0 saturated heterocycles. The first kappa shape index (κ1) is 13.9. The van der Waals surface area contributed by atoms with Gasteiger partial charge in [-0.2, -0.15) is 0 Å². The molecule has 0 heterocycles. The van der Waals surface area contributed by atoms with E-state index in [1.54, 1.807) is 0 Å². The van der Waals surface area contributed by atoms with Crippen molar-refractivity contribution < 1.29 is 4.74 Å². The van der Waals surface area contributed by atoms with Crippen molar-refractivity contribution in [3.05, 3.63) is 29.8 Å². The van der Waals surface area contributed by atoms with Crippen molar-refractivity contribution in [1.29, 1.82) is 0 Å². The summed E-state index contributed by atoms with van der Waals surface area (Å²) in [7, 11) is 2.18. The highest BCUT2D eigenvalue weighted by atomic mass is 16.5. The SMILES string of the molecule is CN(CCOc1cccc(C#CCN)c1)C1CCC1. The van der Waals surface area contributed by atoms with Gasteiger partial charge in [-0.25, -0.2) is 0 Å². The van der Waals surface area contributed by atoms with Crippen LogP contribution in [0.5, 0.6) is 5.75 Å². The number of ether oxygens (including phenoxy) is 1. The van der Waals surface area contributed by atoms with E-state index in [0.29, 0.717) is 6.54 Å². The molecule has 19 heavy (non-hydrogen) atoms. The third kappa shape index (κ3) is 4.27. The van der Waals surface area contributed by atoms with Crippen LogP contribution in [0.25, 0.3) is 0 Å². The van der Waals surface area contributed by atoms with Gasteiger partial charge in [0.05, 0.1) is 6.54 Å². The Morgan fingerprint density at radius 3 is 2.95 bits per heavy atom. The summed E-state index contributed by atoms with van der Waals surface area (Å²) in [5.41, 5.74) is 6.32. The van der Waals surface area contributed by atoms with Crippen LogP contribution in [0.1, 0.15) is 24.8 Å². The van der Waals surface area contributed by atoms with Gasteiger partial charge in [-0.1, -0.05) is 24.3 Å². The van der Waals surface area contributed by atoms with Crippen LogP contribution in [-0.4, -0.2) is 37.7 Å². The minimum Gasteiger partial charge on any atom is -0.492 e. The van der Waals surface area contributed by atoms with Crippen LogP contribution in [0.2, 0.25) is 0 Å². The summed E-state index contributed by atoms with van der Waals surface area (Å²) in [6, 6.07) is 8.63. The largest absolute Gasteiger partial charge is 0.492 e. The molecule has 3 heteroatoms. The molecule has 102 valence electrons. The van der Waals surface area contributed by atoms with Crippen molar-refractivity contribution in [2.45, 2.75) is 25.3 Å². The van der Waals surface area contributed by atoms with E-state index < -0.39 is 0 Å². The Bertz CT molecular complexity index is 457. The second-order valence-corrected chi connectivity index (χ2v) is 4.95. The Morgan fingerprint density at radius 1 is 1.42 bits per heavy atom. The Morgan fingerprint density at radius 2 is 2.26 bits per heavy atom. The van der Waals surface area contributed by atoms with E-state index in [2.05, 4.69) is 23.8 Å². The molecule has 0 bridgehead atoms. The van der Waals surface area contributed by atoms with E-state index in [0.717, 1.165) is 30.5 Å². The fourth-order valence-corrected chi connectivity index (χ4v) is 2.13. The van der Waals surface area contributed by atoms with Crippen LogP contribution in [0, 0.1) is 11.8 Å². The normalized spacial score (nSPS) is 14.7. The minimum absolute atomic E-state index is 0.386.